The van der Waals surface area contributed by atoms with E-state index in [-0.39, 0.29) is 5.57 Å². The molecule has 16 heavy (non-hydrogen) atoms. The highest BCUT2D eigenvalue weighted by molar-refractivity contribution is 5.91. The van der Waals surface area contributed by atoms with Crippen LogP contribution in [0.1, 0.15) is 6.92 Å². The molecule has 0 fully saturated rings. The van der Waals surface area contributed by atoms with Gasteiger partial charge in [0.2, 0.25) is 0 Å². The molecular formula is C14H16O2. The lowest BCUT2D eigenvalue weighted by atomic mass is 10.0. The molecule has 0 aromatic carbocycles. The molecule has 0 saturated heterocycles. The van der Waals surface area contributed by atoms with Gasteiger partial charge in [0, 0.05) is 0 Å². The standard InChI is InChI=1S/C14H16O2/c1-9(2)12(5)10(3)7-8-11(4)13(6)14(15)16/h7-8H,1,3-6H2,2H3,(H,15,16). The first-order valence-corrected chi connectivity index (χ1v) is 4.61. The second kappa shape index (κ2) is 5.71. The van der Waals surface area contributed by atoms with Crippen molar-refractivity contribution in [2.24, 2.45) is 0 Å². The van der Waals surface area contributed by atoms with Crippen LogP contribution in [-0.2, 0) is 4.79 Å². The summed E-state index contributed by atoms with van der Waals surface area (Å²) < 4.78 is 0. The number of allylic oxidation sites excluding steroid dienone is 5. The third-order valence-corrected chi connectivity index (χ3v) is 2.03. The van der Waals surface area contributed by atoms with Crippen LogP contribution in [0.2, 0.25) is 0 Å². The molecule has 0 aliphatic carbocycles. The second-order valence-electron chi connectivity index (χ2n) is 3.43. The second-order valence-corrected chi connectivity index (χ2v) is 3.43. The lowest BCUT2D eigenvalue weighted by Crippen LogP contribution is -1.99. The Morgan fingerprint density at radius 3 is 1.62 bits per heavy atom. The van der Waals surface area contributed by atoms with E-state index in [9.17, 15) is 4.79 Å². The summed E-state index contributed by atoms with van der Waals surface area (Å²) >= 11 is 0. The number of rotatable bonds is 6. The number of hydrogen-bond donors (Lipinski definition) is 1. The van der Waals surface area contributed by atoms with Crippen LogP contribution in [-0.4, -0.2) is 11.1 Å². The molecule has 0 heterocycles. The minimum atomic E-state index is -1.08. The molecule has 0 aromatic heterocycles. The van der Waals surface area contributed by atoms with Crippen molar-refractivity contribution in [1.82, 2.24) is 0 Å². The lowest BCUT2D eigenvalue weighted by Gasteiger charge is -2.04. The van der Waals surface area contributed by atoms with Crippen molar-refractivity contribution >= 4 is 5.97 Å². The maximum absolute atomic E-state index is 10.6. The zero-order valence-electron chi connectivity index (χ0n) is 9.55. The molecule has 0 amide bonds. The van der Waals surface area contributed by atoms with Crippen molar-refractivity contribution in [2.45, 2.75) is 6.92 Å². The lowest BCUT2D eigenvalue weighted by molar-refractivity contribution is -0.132. The summed E-state index contributed by atoms with van der Waals surface area (Å²) in [5.74, 6) is -1.08. The number of hydrogen-bond acceptors (Lipinski definition) is 1. The van der Waals surface area contributed by atoms with Crippen molar-refractivity contribution in [2.75, 3.05) is 0 Å². The van der Waals surface area contributed by atoms with Crippen LogP contribution in [0.5, 0.6) is 0 Å². The van der Waals surface area contributed by atoms with Gasteiger partial charge in [0.1, 0.15) is 0 Å². The van der Waals surface area contributed by atoms with Crippen molar-refractivity contribution in [1.29, 1.82) is 0 Å². The van der Waals surface area contributed by atoms with Crippen LogP contribution in [0.25, 0.3) is 0 Å². The molecular weight excluding hydrogens is 200 g/mol. The monoisotopic (exact) mass is 216 g/mol. The Morgan fingerprint density at radius 1 is 0.938 bits per heavy atom. The van der Waals surface area contributed by atoms with E-state index in [1.165, 1.54) is 0 Å². The molecule has 0 aromatic rings. The highest BCUT2D eigenvalue weighted by Crippen LogP contribution is 2.16. The van der Waals surface area contributed by atoms with Gasteiger partial charge in [-0.2, -0.15) is 0 Å². The van der Waals surface area contributed by atoms with Crippen molar-refractivity contribution in [3.8, 4) is 0 Å². The van der Waals surface area contributed by atoms with Gasteiger partial charge in [-0.1, -0.05) is 50.6 Å². The fourth-order valence-corrected chi connectivity index (χ4v) is 0.814. The van der Waals surface area contributed by atoms with Crippen LogP contribution in [0.15, 0.2) is 72.9 Å². The van der Waals surface area contributed by atoms with Gasteiger partial charge in [-0.25, -0.2) is 4.79 Å². The molecule has 0 aliphatic rings. The van der Waals surface area contributed by atoms with Gasteiger partial charge in [0.25, 0.3) is 0 Å². The van der Waals surface area contributed by atoms with Crippen molar-refractivity contribution < 1.29 is 9.90 Å². The molecule has 0 bridgehead atoms. The van der Waals surface area contributed by atoms with Crippen molar-refractivity contribution in [3.05, 3.63) is 72.9 Å². The van der Waals surface area contributed by atoms with Gasteiger partial charge in [-0.05, 0) is 23.6 Å². The quantitative estimate of drug-likeness (QED) is 0.545. The molecule has 84 valence electrons. The van der Waals surface area contributed by atoms with Crippen LogP contribution < -0.4 is 0 Å². The number of aliphatic carboxylic acids is 1. The summed E-state index contributed by atoms with van der Waals surface area (Å²) in [6.45, 7) is 20.1. The SMILES string of the molecule is C=C(C)C(=C)C(=C)C=CC(=C)C(=C)C(=O)O. The van der Waals surface area contributed by atoms with Gasteiger partial charge in [0.05, 0.1) is 5.57 Å². The van der Waals surface area contributed by atoms with E-state index in [2.05, 4.69) is 32.9 Å². The largest absolute Gasteiger partial charge is 0.478 e. The average Bonchev–Trinajstić information content (AvgIpc) is 2.22. The van der Waals surface area contributed by atoms with E-state index in [0.717, 1.165) is 11.1 Å². The van der Waals surface area contributed by atoms with E-state index in [4.69, 9.17) is 5.11 Å². The molecule has 0 saturated carbocycles. The fourth-order valence-electron chi connectivity index (χ4n) is 0.814. The predicted molar refractivity (Wildman–Crippen MR) is 68.1 cm³/mol. The molecule has 2 nitrogen and oxygen atoms in total. The Labute approximate surface area is 96.3 Å². The first-order valence-electron chi connectivity index (χ1n) is 4.61. The third-order valence-electron chi connectivity index (χ3n) is 2.03. The van der Waals surface area contributed by atoms with Gasteiger partial charge in [-0.3, -0.25) is 0 Å². The third kappa shape index (κ3) is 3.96. The van der Waals surface area contributed by atoms with Crippen LogP contribution >= 0.6 is 0 Å². The summed E-state index contributed by atoms with van der Waals surface area (Å²) in [7, 11) is 0. The van der Waals surface area contributed by atoms with E-state index < -0.39 is 5.97 Å². The first kappa shape index (κ1) is 13.9. The molecule has 0 rings (SSSR count). The highest BCUT2D eigenvalue weighted by atomic mass is 16.4. The van der Waals surface area contributed by atoms with E-state index in [1.54, 1.807) is 12.2 Å². The van der Waals surface area contributed by atoms with Crippen LogP contribution in [0, 0.1) is 0 Å². The van der Waals surface area contributed by atoms with Gasteiger partial charge < -0.3 is 5.11 Å². The minimum Gasteiger partial charge on any atom is -0.478 e. The highest BCUT2D eigenvalue weighted by Gasteiger charge is 2.05. The molecule has 0 spiro atoms. The Hall–Kier alpha value is -2.09. The molecule has 0 radical (unpaired) electrons. The van der Waals surface area contributed by atoms with E-state index >= 15 is 0 Å². The molecule has 2 heteroatoms. The Kier molecular flexibility index (Phi) is 4.96. The maximum atomic E-state index is 10.6. The normalized spacial score (nSPS) is 9.81. The number of carbonyl (C=O) groups is 1. The van der Waals surface area contributed by atoms with Crippen LogP contribution in [0.4, 0.5) is 0 Å². The Balaban J connectivity index is 4.64. The van der Waals surface area contributed by atoms with Crippen LogP contribution in [0.3, 0.4) is 0 Å². The van der Waals surface area contributed by atoms with Gasteiger partial charge in [0.15, 0.2) is 0 Å². The van der Waals surface area contributed by atoms with E-state index in [1.807, 2.05) is 6.92 Å². The summed E-state index contributed by atoms with van der Waals surface area (Å²) in [4.78, 5) is 10.6. The Bertz CT molecular complexity index is 380. The zero-order valence-corrected chi connectivity index (χ0v) is 9.55. The van der Waals surface area contributed by atoms with E-state index in [0.29, 0.717) is 11.1 Å². The summed E-state index contributed by atoms with van der Waals surface area (Å²) in [5.41, 5.74) is 2.52. The Morgan fingerprint density at radius 2 is 1.31 bits per heavy atom. The number of carboxylic acid groups (broad SMARTS) is 1. The topological polar surface area (TPSA) is 37.3 Å². The molecule has 1 N–H and O–H groups in total. The fraction of sp³-hybridized carbons (Fsp3) is 0.0714. The summed E-state index contributed by atoms with van der Waals surface area (Å²) in [5, 5.41) is 8.67. The molecule has 0 atom stereocenters. The van der Waals surface area contributed by atoms with Crippen molar-refractivity contribution in [3.63, 3.8) is 0 Å². The maximum Gasteiger partial charge on any atom is 0.335 e. The van der Waals surface area contributed by atoms with Gasteiger partial charge in [-0.15, -0.1) is 0 Å². The summed E-state index contributed by atoms with van der Waals surface area (Å²) in [6.07, 6.45) is 3.19. The minimum absolute atomic E-state index is 0.0370. The number of carboxylic acids is 1. The molecule has 0 unspecified atom stereocenters. The van der Waals surface area contributed by atoms with Gasteiger partial charge >= 0.3 is 5.97 Å². The predicted octanol–water partition coefficient (Wildman–Crippen LogP) is 3.43. The first-order chi connectivity index (χ1) is 7.27. The average molecular weight is 216 g/mol. The zero-order chi connectivity index (χ0) is 12.9. The summed E-state index contributed by atoms with van der Waals surface area (Å²) in [6, 6.07) is 0. The smallest absolute Gasteiger partial charge is 0.335 e. The molecule has 0 aliphatic heterocycles.